The summed E-state index contributed by atoms with van der Waals surface area (Å²) in [5, 5.41) is 13.6. The first-order valence-corrected chi connectivity index (χ1v) is 9.04. The van der Waals surface area contributed by atoms with Crippen LogP contribution in [-0.2, 0) is 20.8 Å². The van der Waals surface area contributed by atoms with E-state index in [2.05, 4.69) is 5.32 Å². The smallest absolute Gasteiger partial charge is 0.277 e. The second-order valence-electron chi connectivity index (χ2n) is 7.78. The van der Waals surface area contributed by atoms with Crippen molar-refractivity contribution in [1.29, 1.82) is 0 Å². The molecule has 1 atom stereocenters. The minimum Gasteiger partial charge on any atom is -0.320 e. The number of benzene rings is 1. The molecular weight excluding hydrogens is 362 g/mol. The van der Waals surface area contributed by atoms with Gasteiger partial charge in [-0.05, 0) is 18.9 Å². The Hall–Kier alpha value is -3.03. The van der Waals surface area contributed by atoms with Gasteiger partial charge >= 0.3 is 0 Å². The third-order valence-electron chi connectivity index (χ3n) is 4.97. The zero-order valence-corrected chi connectivity index (χ0v) is 16.5. The fourth-order valence-electron chi connectivity index (χ4n) is 3.20. The zero-order valence-electron chi connectivity index (χ0n) is 16.5. The van der Waals surface area contributed by atoms with Crippen LogP contribution in [-0.4, -0.2) is 38.6 Å². The molecule has 8 heteroatoms. The Bertz CT molecular complexity index is 832. The minimum absolute atomic E-state index is 0.0233. The van der Waals surface area contributed by atoms with Crippen LogP contribution in [0.2, 0.25) is 0 Å². The van der Waals surface area contributed by atoms with E-state index in [9.17, 15) is 24.5 Å². The molecule has 0 aromatic heterocycles. The average Bonchev–Trinajstić information content (AvgIpc) is 2.59. The molecule has 150 valence electrons. The molecule has 1 N–H and O–H groups in total. The molecule has 1 fully saturated rings. The summed E-state index contributed by atoms with van der Waals surface area (Å²) >= 11 is 0. The van der Waals surface area contributed by atoms with E-state index >= 15 is 0 Å². The first kappa shape index (κ1) is 21.3. The van der Waals surface area contributed by atoms with E-state index in [4.69, 9.17) is 0 Å². The second-order valence-corrected chi connectivity index (χ2v) is 7.78. The van der Waals surface area contributed by atoms with Crippen molar-refractivity contribution in [2.24, 2.45) is 0 Å². The fourth-order valence-corrected chi connectivity index (χ4v) is 3.20. The highest BCUT2D eigenvalue weighted by Crippen LogP contribution is 2.28. The predicted molar refractivity (Wildman–Crippen MR) is 103 cm³/mol. The number of hydrogen-bond acceptors (Lipinski definition) is 5. The molecule has 1 aromatic carbocycles. The molecule has 0 radical (unpaired) electrons. The Labute approximate surface area is 163 Å². The Morgan fingerprint density at radius 2 is 1.89 bits per heavy atom. The van der Waals surface area contributed by atoms with E-state index in [0.29, 0.717) is 0 Å². The normalized spacial score (nSPS) is 21.6. The Balaban J connectivity index is 2.28. The lowest BCUT2D eigenvalue weighted by Gasteiger charge is -2.42. The van der Waals surface area contributed by atoms with Gasteiger partial charge in [0.25, 0.3) is 11.8 Å². The number of carbonyl (C=O) groups excluding carboxylic acids is 3. The van der Waals surface area contributed by atoms with Gasteiger partial charge < -0.3 is 5.32 Å². The Morgan fingerprint density at radius 1 is 1.29 bits per heavy atom. The number of allylic oxidation sites excluding steroid dienone is 1. The van der Waals surface area contributed by atoms with Crippen LogP contribution in [0.1, 0.15) is 46.1 Å². The van der Waals surface area contributed by atoms with Crippen molar-refractivity contribution in [3.8, 4) is 0 Å². The number of piperazine rings is 1. The maximum absolute atomic E-state index is 12.9. The Morgan fingerprint density at radius 3 is 2.43 bits per heavy atom. The van der Waals surface area contributed by atoms with E-state index in [-0.39, 0.29) is 29.9 Å². The van der Waals surface area contributed by atoms with Crippen LogP contribution in [0, 0.1) is 10.1 Å². The summed E-state index contributed by atoms with van der Waals surface area (Å²) in [4.78, 5) is 49.6. The molecule has 0 aliphatic carbocycles. The second kappa shape index (κ2) is 7.92. The quantitative estimate of drug-likeness (QED) is 0.457. The Kier molecular flexibility index (Phi) is 6.01. The average molecular weight is 387 g/mol. The van der Waals surface area contributed by atoms with Crippen LogP contribution in [0.5, 0.6) is 0 Å². The van der Waals surface area contributed by atoms with Gasteiger partial charge in [0.15, 0.2) is 0 Å². The highest BCUT2D eigenvalue weighted by molar-refractivity contribution is 6.13. The molecule has 1 heterocycles. The van der Waals surface area contributed by atoms with Crippen LogP contribution >= 0.6 is 0 Å². The van der Waals surface area contributed by atoms with Gasteiger partial charge in [-0.25, -0.2) is 0 Å². The summed E-state index contributed by atoms with van der Waals surface area (Å²) in [5.41, 5.74) is -1.72. The first-order valence-electron chi connectivity index (χ1n) is 9.04. The van der Waals surface area contributed by atoms with Crippen molar-refractivity contribution in [1.82, 2.24) is 10.2 Å². The van der Waals surface area contributed by atoms with Gasteiger partial charge in [0.2, 0.25) is 11.4 Å². The van der Waals surface area contributed by atoms with E-state index < -0.39 is 28.8 Å². The summed E-state index contributed by atoms with van der Waals surface area (Å²) in [5.74, 6) is -1.61. The van der Waals surface area contributed by atoms with Crippen molar-refractivity contribution in [3.05, 3.63) is 57.8 Å². The summed E-state index contributed by atoms with van der Waals surface area (Å²) in [6, 6.07) is 9.14. The summed E-state index contributed by atoms with van der Waals surface area (Å²) in [6.07, 6.45) is 2.04. The number of carbonyl (C=O) groups is 3. The molecule has 3 amide bonds. The highest BCUT2D eigenvalue weighted by atomic mass is 16.6. The largest absolute Gasteiger partial charge is 0.320 e. The molecule has 1 aliphatic heterocycles. The number of amides is 3. The number of hydrogen-bond donors (Lipinski definition) is 1. The minimum atomic E-state index is -1.36. The van der Waals surface area contributed by atoms with E-state index in [1.165, 1.54) is 26.8 Å². The van der Waals surface area contributed by atoms with E-state index in [0.717, 1.165) is 10.5 Å². The third kappa shape index (κ3) is 4.27. The fraction of sp³-hybridized carbons (Fsp3) is 0.450. The molecule has 0 saturated carbocycles. The number of nitro groups is 1. The number of nitrogens with one attached hydrogen (secondary N) is 1. The number of nitrogens with zero attached hydrogens (tertiary/aromatic N) is 2. The molecule has 1 unspecified atom stereocenters. The summed E-state index contributed by atoms with van der Waals surface area (Å²) < 4.78 is 0. The monoisotopic (exact) mass is 387 g/mol. The summed E-state index contributed by atoms with van der Waals surface area (Å²) in [7, 11) is 0. The van der Waals surface area contributed by atoms with Crippen LogP contribution in [0.4, 0.5) is 0 Å². The SMILES string of the molecule is CC(=O)N1C(=O)/C(=C/CCC(C)(C)[N+](=O)[O-])NC(=O)C1(C)Cc1ccccc1. The van der Waals surface area contributed by atoms with Gasteiger partial charge in [-0.1, -0.05) is 36.4 Å². The van der Waals surface area contributed by atoms with Crippen molar-refractivity contribution in [2.75, 3.05) is 0 Å². The molecule has 1 aromatic rings. The molecule has 1 saturated heterocycles. The number of imide groups is 1. The number of rotatable bonds is 6. The van der Waals surface area contributed by atoms with Crippen molar-refractivity contribution in [3.63, 3.8) is 0 Å². The molecule has 0 bridgehead atoms. The lowest BCUT2D eigenvalue weighted by molar-refractivity contribution is -0.561. The maximum Gasteiger partial charge on any atom is 0.277 e. The highest BCUT2D eigenvalue weighted by Gasteiger charge is 2.49. The van der Waals surface area contributed by atoms with Gasteiger partial charge in [-0.2, -0.15) is 0 Å². The topological polar surface area (TPSA) is 110 Å². The zero-order chi connectivity index (χ0) is 21.1. The molecule has 8 nitrogen and oxygen atoms in total. The molecule has 28 heavy (non-hydrogen) atoms. The van der Waals surface area contributed by atoms with Crippen molar-refractivity contribution < 1.29 is 19.3 Å². The predicted octanol–water partition coefficient (Wildman–Crippen LogP) is 2.21. The summed E-state index contributed by atoms with van der Waals surface area (Å²) in [6.45, 7) is 5.78. The van der Waals surface area contributed by atoms with Crippen LogP contribution < -0.4 is 5.32 Å². The van der Waals surface area contributed by atoms with Gasteiger partial charge in [0, 0.05) is 38.5 Å². The van der Waals surface area contributed by atoms with Crippen LogP contribution in [0.25, 0.3) is 0 Å². The first-order chi connectivity index (χ1) is 13.0. The van der Waals surface area contributed by atoms with E-state index in [1.807, 2.05) is 30.3 Å². The van der Waals surface area contributed by atoms with Gasteiger partial charge in [-0.15, -0.1) is 0 Å². The molecule has 0 spiro atoms. The van der Waals surface area contributed by atoms with Crippen molar-refractivity contribution >= 4 is 17.7 Å². The van der Waals surface area contributed by atoms with Gasteiger partial charge in [-0.3, -0.25) is 29.4 Å². The lowest BCUT2D eigenvalue weighted by Crippen LogP contribution is -2.67. The third-order valence-corrected chi connectivity index (χ3v) is 4.97. The maximum atomic E-state index is 12.9. The van der Waals surface area contributed by atoms with Crippen molar-refractivity contribution in [2.45, 2.75) is 58.0 Å². The van der Waals surface area contributed by atoms with E-state index in [1.54, 1.807) is 6.92 Å². The van der Waals surface area contributed by atoms with Crippen LogP contribution in [0.15, 0.2) is 42.1 Å². The standard InChI is InChI=1S/C20H25N3O5/c1-14(24)22-17(25)16(11-8-12-19(2,3)23(27)28)21-18(26)20(22,4)13-15-9-6-5-7-10-15/h5-7,9-11H,8,12-13H2,1-4H3,(H,21,26)/b16-11-. The molecule has 2 rings (SSSR count). The lowest BCUT2D eigenvalue weighted by atomic mass is 9.87. The van der Waals surface area contributed by atoms with Crippen LogP contribution in [0.3, 0.4) is 0 Å². The van der Waals surface area contributed by atoms with Gasteiger partial charge in [0.1, 0.15) is 11.2 Å². The molecule has 1 aliphatic rings. The van der Waals surface area contributed by atoms with Gasteiger partial charge in [0.05, 0.1) is 0 Å². The molecular formula is C20H25N3O5.